The first-order valence-electron chi connectivity index (χ1n) is 4.12. The van der Waals surface area contributed by atoms with E-state index in [-0.39, 0.29) is 11.9 Å². The van der Waals surface area contributed by atoms with Gasteiger partial charge in [0.25, 0.3) is 0 Å². The Labute approximate surface area is 67.5 Å². The van der Waals surface area contributed by atoms with Crippen LogP contribution in [0.2, 0.25) is 0 Å². The van der Waals surface area contributed by atoms with Crippen LogP contribution in [0.1, 0.15) is 20.3 Å². The predicted octanol–water partition coefficient (Wildman–Crippen LogP) is 0.202. The second-order valence-electron chi connectivity index (χ2n) is 3.39. The molecule has 0 aliphatic carbocycles. The zero-order chi connectivity index (χ0) is 8.43. The third-order valence-electron chi connectivity index (χ3n) is 2.46. The summed E-state index contributed by atoms with van der Waals surface area (Å²) in [5, 5.41) is 0. The first kappa shape index (κ1) is 8.53. The molecule has 0 aromatic carbocycles. The Balaban J connectivity index is 2.46. The Morgan fingerprint density at radius 3 is 2.73 bits per heavy atom. The van der Waals surface area contributed by atoms with Crippen molar-refractivity contribution in [1.82, 2.24) is 4.90 Å². The van der Waals surface area contributed by atoms with Crippen LogP contribution in [0.5, 0.6) is 0 Å². The first-order chi connectivity index (χ1) is 5.11. The standard InChI is InChI=1S/C8H16N2O/c1-6-3-4-10(7(2)11)5-8(6)9/h6,8H,3-5,9H2,1-2H3. The van der Waals surface area contributed by atoms with Crippen molar-refractivity contribution in [2.75, 3.05) is 13.1 Å². The molecule has 1 aliphatic heterocycles. The maximum atomic E-state index is 10.9. The molecule has 1 fully saturated rings. The summed E-state index contributed by atoms with van der Waals surface area (Å²) in [6.07, 6.45) is 1.04. The fraction of sp³-hybridized carbons (Fsp3) is 0.875. The van der Waals surface area contributed by atoms with Crippen LogP contribution in [0, 0.1) is 5.92 Å². The molecule has 2 N–H and O–H groups in total. The number of rotatable bonds is 0. The van der Waals surface area contributed by atoms with Gasteiger partial charge in [0.05, 0.1) is 0 Å². The molecule has 2 atom stereocenters. The molecule has 0 aromatic rings. The van der Waals surface area contributed by atoms with E-state index in [4.69, 9.17) is 5.73 Å². The molecule has 0 radical (unpaired) electrons. The molecule has 3 nitrogen and oxygen atoms in total. The molecule has 0 saturated carbocycles. The molecule has 11 heavy (non-hydrogen) atoms. The number of piperidine rings is 1. The Kier molecular flexibility index (Phi) is 2.49. The van der Waals surface area contributed by atoms with E-state index in [1.54, 1.807) is 6.92 Å². The fourth-order valence-corrected chi connectivity index (χ4v) is 1.39. The average Bonchev–Trinajstić information content (AvgIpc) is 1.94. The lowest BCUT2D eigenvalue weighted by molar-refractivity contribution is -0.130. The van der Waals surface area contributed by atoms with Crippen LogP contribution in [0.25, 0.3) is 0 Å². The number of carbonyl (C=O) groups is 1. The molecule has 64 valence electrons. The van der Waals surface area contributed by atoms with E-state index < -0.39 is 0 Å². The highest BCUT2D eigenvalue weighted by Gasteiger charge is 2.23. The van der Waals surface area contributed by atoms with Gasteiger partial charge < -0.3 is 10.6 Å². The van der Waals surface area contributed by atoms with Crippen molar-refractivity contribution >= 4 is 5.91 Å². The summed E-state index contributed by atoms with van der Waals surface area (Å²) in [7, 11) is 0. The molecule has 1 heterocycles. The van der Waals surface area contributed by atoms with Crippen LogP contribution in [0.4, 0.5) is 0 Å². The van der Waals surface area contributed by atoms with Crippen LogP contribution in [0.3, 0.4) is 0 Å². The van der Waals surface area contributed by atoms with Gasteiger partial charge in [-0.1, -0.05) is 6.92 Å². The van der Waals surface area contributed by atoms with Crippen molar-refractivity contribution in [3.63, 3.8) is 0 Å². The molecule has 1 amide bonds. The molecule has 0 aromatic heterocycles. The molecule has 1 aliphatic rings. The van der Waals surface area contributed by atoms with Gasteiger partial charge in [0.1, 0.15) is 0 Å². The Morgan fingerprint density at radius 1 is 1.64 bits per heavy atom. The lowest BCUT2D eigenvalue weighted by Gasteiger charge is -2.34. The topological polar surface area (TPSA) is 46.3 Å². The van der Waals surface area contributed by atoms with Crippen LogP contribution in [0.15, 0.2) is 0 Å². The lowest BCUT2D eigenvalue weighted by Crippen LogP contribution is -2.49. The highest BCUT2D eigenvalue weighted by Crippen LogP contribution is 2.14. The first-order valence-corrected chi connectivity index (χ1v) is 4.12. The molecule has 1 saturated heterocycles. The lowest BCUT2D eigenvalue weighted by atomic mass is 9.94. The van der Waals surface area contributed by atoms with Gasteiger partial charge in [-0.05, 0) is 12.3 Å². The number of likely N-dealkylation sites (tertiary alicyclic amines) is 1. The normalized spacial score (nSPS) is 32.1. The van der Waals surface area contributed by atoms with Gasteiger partial charge in [-0.25, -0.2) is 0 Å². The van der Waals surface area contributed by atoms with E-state index in [0.717, 1.165) is 19.5 Å². The van der Waals surface area contributed by atoms with Crippen LogP contribution >= 0.6 is 0 Å². The van der Waals surface area contributed by atoms with E-state index in [2.05, 4.69) is 6.92 Å². The van der Waals surface area contributed by atoms with E-state index >= 15 is 0 Å². The number of hydrogen-bond donors (Lipinski definition) is 1. The monoisotopic (exact) mass is 156 g/mol. The summed E-state index contributed by atoms with van der Waals surface area (Å²) in [6.45, 7) is 5.35. The number of nitrogens with zero attached hydrogens (tertiary/aromatic N) is 1. The smallest absolute Gasteiger partial charge is 0.219 e. The van der Waals surface area contributed by atoms with E-state index in [9.17, 15) is 4.79 Å². The van der Waals surface area contributed by atoms with Crippen molar-refractivity contribution in [2.24, 2.45) is 11.7 Å². The molecule has 1 rings (SSSR count). The van der Waals surface area contributed by atoms with Gasteiger partial charge in [-0.15, -0.1) is 0 Å². The third kappa shape index (κ3) is 1.93. The Morgan fingerprint density at radius 2 is 2.27 bits per heavy atom. The van der Waals surface area contributed by atoms with Crippen molar-refractivity contribution in [1.29, 1.82) is 0 Å². The molecular weight excluding hydrogens is 140 g/mol. The van der Waals surface area contributed by atoms with Gasteiger partial charge >= 0.3 is 0 Å². The second kappa shape index (κ2) is 3.22. The minimum absolute atomic E-state index is 0.146. The van der Waals surface area contributed by atoms with Gasteiger partial charge in [-0.2, -0.15) is 0 Å². The Bertz CT molecular complexity index is 158. The van der Waals surface area contributed by atoms with E-state index in [1.165, 1.54) is 0 Å². The fourth-order valence-electron chi connectivity index (χ4n) is 1.39. The summed E-state index contributed by atoms with van der Waals surface area (Å²) < 4.78 is 0. The maximum absolute atomic E-state index is 10.9. The Hall–Kier alpha value is -0.570. The van der Waals surface area contributed by atoms with Crippen molar-refractivity contribution in [3.8, 4) is 0 Å². The maximum Gasteiger partial charge on any atom is 0.219 e. The molecular formula is C8H16N2O. The summed E-state index contributed by atoms with van der Waals surface area (Å²) >= 11 is 0. The predicted molar refractivity (Wildman–Crippen MR) is 44.0 cm³/mol. The molecule has 0 spiro atoms. The zero-order valence-corrected chi connectivity index (χ0v) is 7.21. The number of carbonyl (C=O) groups excluding carboxylic acids is 1. The highest BCUT2D eigenvalue weighted by atomic mass is 16.2. The number of nitrogens with two attached hydrogens (primary N) is 1. The van der Waals surface area contributed by atoms with Gasteiger partial charge in [0.2, 0.25) is 5.91 Å². The van der Waals surface area contributed by atoms with Crippen LogP contribution in [-0.4, -0.2) is 29.9 Å². The van der Waals surface area contributed by atoms with Crippen LogP contribution < -0.4 is 5.73 Å². The van der Waals surface area contributed by atoms with Crippen molar-refractivity contribution in [3.05, 3.63) is 0 Å². The van der Waals surface area contributed by atoms with Crippen molar-refractivity contribution < 1.29 is 4.79 Å². The quantitative estimate of drug-likeness (QED) is 0.544. The van der Waals surface area contributed by atoms with Gasteiger partial charge in [0.15, 0.2) is 0 Å². The van der Waals surface area contributed by atoms with Gasteiger partial charge in [0, 0.05) is 26.1 Å². The van der Waals surface area contributed by atoms with Gasteiger partial charge in [-0.3, -0.25) is 4.79 Å². The third-order valence-corrected chi connectivity index (χ3v) is 2.46. The molecule has 2 unspecified atom stereocenters. The van der Waals surface area contributed by atoms with Crippen molar-refractivity contribution in [2.45, 2.75) is 26.3 Å². The summed E-state index contributed by atoms with van der Waals surface area (Å²) in [4.78, 5) is 12.7. The summed E-state index contributed by atoms with van der Waals surface area (Å²) in [6, 6.07) is 0.174. The molecule has 3 heteroatoms. The second-order valence-corrected chi connectivity index (χ2v) is 3.39. The number of amides is 1. The minimum Gasteiger partial charge on any atom is -0.341 e. The summed E-state index contributed by atoms with van der Waals surface area (Å²) in [5.41, 5.74) is 5.81. The zero-order valence-electron chi connectivity index (χ0n) is 7.21. The summed E-state index contributed by atoms with van der Waals surface area (Å²) in [5.74, 6) is 0.706. The highest BCUT2D eigenvalue weighted by molar-refractivity contribution is 5.73. The van der Waals surface area contributed by atoms with E-state index in [0.29, 0.717) is 5.92 Å². The SMILES string of the molecule is CC(=O)N1CCC(C)C(N)C1. The number of hydrogen-bond acceptors (Lipinski definition) is 2. The minimum atomic E-state index is 0.146. The van der Waals surface area contributed by atoms with Crippen LogP contribution in [-0.2, 0) is 4.79 Å². The molecule has 0 bridgehead atoms. The van der Waals surface area contributed by atoms with E-state index in [1.807, 2.05) is 4.90 Å². The average molecular weight is 156 g/mol. The largest absolute Gasteiger partial charge is 0.341 e.